The van der Waals surface area contributed by atoms with E-state index in [1.807, 2.05) is 6.07 Å². The van der Waals surface area contributed by atoms with E-state index in [0.717, 1.165) is 43.3 Å². The van der Waals surface area contributed by atoms with Crippen LogP contribution in [0.1, 0.15) is 32.6 Å². The van der Waals surface area contributed by atoms with Crippen molar-refractivity contribution >= 4 is 5.69 Å². The van der Waals surface area contributed by atoms with Gasteiger partial charge in [-0.15, -0.1) is 0 Å². The van der Waals surface area contributed by atoms with Gasteiger partial charge in [-0.2, -0.15) is 0 Å². The summed E-state index contributed by atoms with van der Waals surface area (Å²) in [7, 11) is 0. The van der Waals surface area contributed by atoms with Crippen LogP contribution in [0.5, 0.6) is 11.5 Å². The predicted octanol–water partition coefficient (Wildman–Crippen LogP) is 2.80. The molecule has 1 aromatic rings. The van der Waals surface area contributed by atoms with E-state index in [1.165, 1.54) is 18.5 Å². The Labute approximate surface area is 127 Å². The summed E-state index contributed by atoms with van der Waals surface area (Å²) in [4.78, 5) is 2.46. The Morgan fingerprint density at radius 1 is 1.29 bits per heavy atom. The second kappa shape index (κ2) is 6.56. The zero-order chi connectivity index (χ0) is 14.7. The molecule has 0 spiro atoms. The second-order valence-electron chi connectivity index (χ2n) is 6.17. The zero-order valence-corrected chi connectivity index (χ0v) is 12.9. The van der Waals surface area contributed by atoms with Crippen LogP contribution in [-0.2, 0) is 0 Å². The van der Waals surface area contributed by atoms with Crippen molar-refractivity contribution in [1.29, 1.82) is 0 Å². The van der Waals surface area contributed by atoms with Crippen LogP contribution in [0.25, 0.3) is 0 Å². The molecule has 2 aliphatic rings. The Bertz CT molecular complexity index is 478. The Balaban J connectivity index is 1.58. The first-order chi connectivity index (χ1) is 10.3. The molecule has 0 bridgehead atoms. The fourth-order valence-electron chi connectivity index (χ4n) is 3.19. The number of rotatable bonds is 5. The molecule has 0 saturated carbocycles. The van der Waals surface area contributed by atoms with Gasteiger partial charge in [0.05, 0.1) is 0 Å². The van der Waals surface area contributed by atoms with Gasteiger partial charge in [-0.3, -0.25) is 0 Å². The Morgan fingerprint density at radius 3 is 2.90 bits per heavy atom. The minimum absolute atomic E-state index is 0.369. The lowest BCUT2D eigenvalue weighted by molar-refractivity contribution is 0.171. The number of nitrogens with two attached hydrogens (primary N) is 1. The average Bonchev–Trinajstić information content (AvgIpc) is 3.01. The van der Waals surface area contributed by atoms with Gasteiger partial charge < -0.3 is 20.1 Å². The Hall–Kier alpha value is -1.42. The minimum Gasteiger partial charge on any atom is -0.486 e. The van der Waals surface area contributed by atoms with Gasteiger partial charge >= 0.3 is 0 Å². The summed E-state index contributed by atoms with van der Waals surface area (Å²) in [6.07, 6.45) is 4.75. The number of hydrogen-bond donors (Lipinski definition) is 1. The quantitative estimate of drug-likeness (QED) is 0.906. The molecule has 1 aromatic carbocycles. The molecular formula is C17H26N2O2. The van der Waals surface area contributed by atoms with Crippen LogP contribution in [0, 0.1) is 5.92 Å². The van der Waals surface area contributed by atoms with Crippen molar-refractivity contribution in [3.63, 3.8) is 0 Å². The summed E-state index contributed by atoms with van der Waals surface area (Å²) in [5.74, 6) is 2.53. The van der Waals surface area contributed by atoms with Gasteiger partial charge in [-0.25, -0.2) is 0 Å². The highest BCUT2D eigenvalue weighted by molar-refractivity contribution is 5.57. The van der Waals surface area contributed by atoms with Crippen LogP contribution in [0.3, 0.4) is 0 Å². The Morgan fingerprint density at radius 2 is 2.10 bits per heavy atom. The molecular weight excluding hydrogens is 264 g/mol. The molecule has 2 atom stereocenters. The minimum atomic E-state index is 0.369. The van der Waals surface area contributed by atoms with E-state index < -0.39 is 0 Å². The molecule has 1 fully saturated rings. The molecule has 21 heavy (non-hydrogen) atoms. The van der Waals surface area contributed by atoms with Gasteiger partial charge in [-0.1, -0.05) is 6.92 Å². The zero-order valence-electron chi connectivity index (χ0n) is 12.9. The summed E-state index contributed by atoms with van der Waals surface area (Å²) >= 11 is 0. The van der Waals surface area contributed by atoms with E-state index in [9.17, 15) is 0 Å². The van der Waals surface area contributed by atoms with Crippen molar-refractivity contribution in [2.24, 2.45) is 11.7 Å². The number of nitrogens with zero attached hydrogens (tertiary/aromatic N) is 1. The fraction of sp³-hybridized carbons (Fsp3) is 0.647. The van der Waals surface area contributed by atoms with E-state index in [2.05, 4.69) is 24.0 Å². The van der Waals surface area contributed by atoms with E-state index in [4.69, 9.17) is 15.2 Å². The molecule has 2 heterocycles. The van der Waals surface area contributed by atoms with Crippen LogP contribution < -0.4 is 20.1 Å². The molecule has 0 aliphatic carbocycles. The Kier molecular flexibility index (Phi) is 4.54. The number of fused-ring (bicyclic) bond motifs is 1. The summed E-state index contributed by atoms with van der Waals surface area (Å²) in [5.41, 5.74) is 7.28. The number of benzene rings is 1. The highest BCUT2D eigenvalue weighted by Crippen LogP contribution is 2.36. The molecule has 1 saturated heterocycles. The molecule has 3 rings (SSSR count). The summed E-state index contributed by atoms with van der Waals surface area (Å²) in [5, 5.41) is 0. The lowest BCUT2D eigenvalue weighted by Crippen LogP contribution is -2.22. The van der Waals surface area contributed by atoms with Gasteiger partial charge in [0.1, 0.15) is 13.2 Å². The first-order valence-corrected chi connectivity index (χ1v) is 8.16. The third kappa shape index (κ3) is 3.43. The smallest absolute Gasteiger partial charge is 0.163 e. The van der Waals surface area contributed by atoms with E-state index >= 15 is 0 Å². The molecule has 2 unspecified atom stereocenters. The van der Waals surface area contributed by atoms with Crippen LogP contribution in [0.4, 0.5) is 5.69 Å². The lowest BCUT2D eigenvalue weighted by Gasteiger charge is -2.23. The van der Waals surface area contributed by atoms with Crippen LogP contribution in [0.2, 0.25) is 0 Å². The second-order valence-corrected chi connectivity index (χ2v) is 6.17. The summed E-state index contributed by atoms with van der Waals surface area (Å²) < 4.78 is 11.3. The van der Waals surface area contributed by atoms with Crippen LogP contribution in [0.15, 0.2) is 18.2 Å². The molecule has 0 amide bonds. The maximum Gasteiger partial charge on any atom is 0.163 e. The first kappa shape index (κ1) is 14.5. The summed E-state index contributed by atoms with van der Waals surface area (Å²) in [6.45, 7) is 5.73. The van der Waals surface area contributed by atoms with Gasteiger partial charge in [-0.05, 0) is 43.7 Å². The van der Waals surface area contributed by atoms with Crippen molar-refractivity contribution in [2.45, 2.75) is 38.6 Å². The van der Waals surface area contributed by atoms with E-state index in [-0.39, 0.29) is 0 Å². The molecule has 116 valence electrons. The molecule has 4 nitrogen and oxygen atoms in total. The third-order valence-corrected chi connectivity index (χ3v) is 4.65. The summed E-state index contributed by atoms with van der Waals surface area (Å²) in [6, 6.07) is 6.67. The van der Waals surface area contributed by atoms with Crippen molar-refractivity contribution in [1.82, 2.24) is 0 Å². The highest BCUT2D eigenvalue weighted by atomic mass is 16.6. The van der Waals surface area contributed by atoms with Gasteiger partial charge in [0.15, 0.2) is 11.5 Å². The monoisotopic (exact) mass is 290 g/mol. The van der Waals surface area contributed by atoms with Gasteiger partial charge in [0.25, 0.3) is 0 Å². The predicted molar refractivity (Wildman–Crippen MR) is 85.3 cm³/mol. The van der Waals surface area contributed by atoms with Crippen molar-refractivity contribution in [3.05, 3.63) is 18.2 Å². The normalized spacial score (nSPS) is 22.4. The van der Waals surface area contributed by atoms with Gasteiger partial charge in [0, 0.05) is 30.9 Å². The van der Waals surface area contributed by atoms with Crippen LogP contribution in [-0.4, -0.2) is 32.3 Å². The highest BCUT2D eigenvalue weighted by Gasteiger charge is 2.24. The van der Waals surface area contributed by atoms with Crippen molar-refractivity contribution in [2.75, 3.05) is 31.2 Å². The van der Waals surface area contributed by atoms with Gasteiger partial charge in [0.2, 0.25) is 0 Å². The van der Waals surface area contributed by atoms with Crippen LogP contribution >= 0.6 is 0 Å². The maximum atomic E-state index is 6.03. The average molecular weight is 290 g/mol. The van der Waals surface area contributed by atoms with Crippen molar-refractivity contribution < 1.29 is 9.47 Å². The SMILES string of the molecule is CCC(N)CCC1CCN(c2ccc3c(c2)OCCO3)C1. The molecule has 4 heteroatoms. The number of ether oxygens (including phenoxy) is 2. The first-order valence-electron chi connectivity index (χ1n) is 8.16. The molecule has 2 aliphatic heterocycles. The molecule has 2 N–H and O–H groups in total. The third-order valence-electron chi connectivity index (χ3n) is 4.65. The van der Waals surface area contributed by atoms with E-state index in [1.54, 1.807) is 0 Å². The largest absolute Gasteiger partial charge is 0.486 e. The fourth-order valence-corrected chi connectivity index (χ4v) is 3.19. The standard InChI is InChI=1S/C17H26N2O2/c1-2-14(18)4-3-13-7-8-19(12-13)15-5-6-16-17(11-15)21-10-9-20-16/h5-6,11,13-14H,2-4,7-10,12,18H2,1H3. The van der Waals surface area contributed by atoms with Crippen molar-refractivity contribution in [3.8, 4) is 11.5 Å². The topological polar surface area (TPSA) is 47.7 Å². The molecule has 0 aromatic heterocycles. The number of hydrogen-bond acceptors (Lipinski definition) is 4. The maximum absolute atomic E-state index is 6.03. The lowest BCUT2D eigenvalue weighted by atomic mass is 9.98. The van der Waals surface area contributed by atoms with E-state index in [0.29, 0.717) is 19.3 Å². The number of anilines is 1. The molecule has 0 radical (unpaired) electrons.